The third kappa shape index (κ3) is 2.74. The van der Waals surface area contributed by atoms with Crippen LogP contribution in [-0.4, -0.2) is 13.6 Å². The van der Waals surface area contributed by atoms with E-state index >= 15 is 0 Å². The Balaban J connectivity index is 3.01. The van der Waals surface area contributed by atoms with E-state index in [1.54, 1.807) is 0 Å². The second kappa shape index (κ2) is 5.43. The predicted molar refractivity (Wildman–Crippen MR) is 65.8 cm³/mol. The van der Waals surface area contributed by atoms with Crippen LogP contribution in [0.2, 0.25) is 0 Å². The van der Waals surface area contributed by atoms with Gasteiger partial charge in [0.25, 0.3) is 0 Å². The zero-order valence-corrected chi connectivity index (χ0v) is 9.40. The summed E-state index contributed by atoms with van der Waals surface area (Å²) in [5.41, 5.74) is 8.34. The average molecular weight is 202 g/mol. The summed E-state index contributed by atoms with van der Waals surface area (Å²) in [6.45, 7) is 2.69. The van der Waals surface area contributed by atoms with E-state index in [0.717, 1.165) is 17.7 Å². The van der Waals surface area contributed by atoms with Crippen LogP contribution in [-0.2, 0) is 0 Å². The number of nitrogens with zero attached hydrogens (tertiary/aromatic N) is 1. The normalized spacial score (nSPS) is 11.9. The first-order valence-electron chi connectivity index (χ1n) is 5.19. The van der Waals surface area contributed by atoms with E-state index in [0.29, 0.717) is 6.54 Å². The highest BCUT2D eigenvalue weighted by molar-refractivity contribution is 5.55. The molecule has 0 aliphatic heterocycles. The number of rotatable bonds is 4. The summed E-state index contributed by atoms with van der Waals surface area (Å²) in [6.07, 6.45) is 6.23. The van der Waals surface area contributed by atoms with Crippen molar-refractivity contribution in [2.24, 2.45) is 5.73 Å². The molecule has 0 saturated carbocycles. The van der Waals surface area contributed by atoms with Crippen LogP contribution in [0.15, 0.2) is 24.3 Å². The molecule has 0 saturated heterocycles. The van der Waals surface area contributed by atoms with Crippen LogP contribution >= 0.6 is 0 Å². The fourth-order valence-corrected chi connectivity index (χ4v) is 1.59. The van der Waals surface area contributed by atoms with Gasteiger partial charge in [-0.1, -0.05) is 31.0 Å². The first kappa shape index (κ1) is 11.6. The van der Waals surface area contributed by atoms with E-state index < -0.39 is 0 Å². The molecule has 0 heterocycles. The first-order valence-corrected chi connectivity index (χ1v) is 5.19. The molecule has 1 rings (SSSR count). The Kier molecular flexibility index (Phi) is 4.20. The Morgan fingerprint density at radius 3 is 2.73 bits per heavy atom. The molecule has 1 atom stereocenters. The van der Waals surface area contributed by atoms with Crippen molar-refractivity contribution in [2.75, 3.05) is 18.5 Å². The fraction of sp³-hybridized carbons (Fsp3) is 0.385. The summed E-state index contributed by atoms with van der Waals surface area (Å²) in [4.78, 5) is 2.05. The van der Waals surface area contributed by atoms with Crippen LogP contribution in [0.1, 0.15) is 24.9 Å². The second-order valence-corrected chi connectivity index (χ2v) is 3.63. The van der Waals surface area contributed by atoms with Crippen LogP contribution in [0.25, 0.3) is 0 Å². The van der Waals surface area contributed by atoms with Crippen molar-refractivity contribution in [3.8, 4) is 12.3 Å². The summed E-state index contributed by atoms with van der Waals surface area (Å²) < 4.78 is 0. The molecule has 0 fully saturated rings. The average Bonchev–Trinajstić information content (AvgIpc) is 2.28. The molecule has 0 radical (unpaired) electrons. The summed E-state index contributed by atoms with van der Waals surface area (Å²) in [6, 6.07) is 8.23. The molecule has 2 N–H and O–H groups in total. The molecule has 0 aromatic heterocycles. The Bertz CT molecular complexity index is 352. The Morgan fingerprint density at radius 1 is 1.47 bits per heavy atom. The van der Waals surface area contributed by atoms with Crippen molar-refractivity contribution in [1.29, 1.82) is 0 Å². The number of nitrogens with two attached hydrogens (primary N) is 1. The summed E-state index contributed by atoms with van der Waals surface area (Å²) in [5, 5.41) is 0. The highest BCUT2D eigenvalue weighted by atomic mass is 15.1. The van der Waals surface area contributed by atoms with E-state index in [9.17, 15) is 0 Å². The topological polar surface area (TPSA) is 29.3 Å². The zero-order valence-electron chi connectivity index (χ0n) is 9.40. The van der Waals surface area contributed by atoms with Gasteiger partial charge >= 0.3 is 0 Å². The minimum absolute atomic E-state index is 0.0847. The maximum absolute atomic E-state index is 6.05. The lowest BCUT2D eigenvalue weighted by Crippen LogP contribution is -2.21. The number of para-hydroxylation sites is 1. The molecule has 0 bridgehead atoms. The monoisotopic (exact) mass is 202 g/mol. The number of hydrogen-bond acceptors (Lipinski definition) is 2. The van der Waals surface area contributed by atoms with Crippen molar-refractivity contribution in [3.05, 3.63) is 29.8 Å². The SMILES string of the molecule is C#CCN(C)c1ccccc1[C@H](N)CC. The molecule has 2 nitrogen and oxygen atoms in total. The molecule has 80 valence electrons. The maximum atomic E-state index is 6.05. The largest absolute Gasteiger partial charge is 0.363 e. The van der Waals surface area contributed by atoms with Crippen LogP contribution < -0.4 is 10.6 Å². The van der Waals surface area contributed by atoms with Gasteiger partial charge in [0.1, 0.15) is 0 Å². The van der Waals surface area contributed by atoms with Crippen molar-refractivity contribution >= 4 is 5.69 Å². The van der Waals surface area contributed by atoms with E-state index in [4.69, 9.17) is 12.2 Å². The van der Waals surface area contributed by atoms with Gasteiger partial charge in [-0.3, -0.25) is 0 Å². The van der Waals surface area contributed by atoms with Gasteiger partial charge in [0.15, 0.2) is 0 Å². The van der Waals surface area contributed by atoms with Crippen molar-refractivity contribution in [3.63, 3.8) is 0 Å². The van der Waals surface area contributed by atoms with E-state index in [1.807, 2.05) is 24.1 Å². The first-order chi connectivity index (χ1) is 7.20. The lowest BCUT2D eigenvalue weighted by molar-refractivity contribution is 0.696. The molecule has 0 aliphatic carbocycles. The summed E-state index contributed by atoms with van der Waals surface area (Å²) >= 11 is 0. The van der Waals surface area contributed by atoms with Gasteiger partial charge in [-0.2, -0.15) is 0 Å². The summed E-state index contributed by atoms with van der Waals surface area (Å²) in [7, 11) is 1.99. The van der Waals surface area contributed by atoms with Crippen molar-refractivity contribution < 1.29 is 0 Å². The van der Waals surface area contributed by atoms with Gasteiger partial charge in [-0.15, -0.1) is 6.42 Å². The Labute approximate surface area is 92.1 Å². The van der Waals surface area contributed by atoms with Crippen molar-refractivity contribution in [1.82, 2.24) is 0 Å². The van der Waals surface area contributed by atoms with Gasteiger partial charge in [0.05, 0.1) is 6.54 Å². The van der Waals surface area contributed by atoms with Crippen LogP contribution in [0.4, 0.5) is 5.69 Å². The second-order valence-electron chi connectivity index (χ2n) is 3.63. The summed E-state index contributed by atoms with van der Waals surface area (Å²) in [5.74, 6) is 2.64. The highest BCUT2D eigenvalue weighted by Crippen LogP contribution is 2.25. The predicted octanol–water partition coefficient (Wildman–Crippen LogP) is 2.17. The van der Waals surface area contributed by atoms with Gasteiger partial charge in [-0.05, 0) is 18.1 Å². The van der Waals surface area contributed by atoms with Crippen LogP contribution in [0.3, 0.4) is 0 Å². The molecule has 15 heavy (non-hydrogen) atoms. The minimum atomic E-state index is 0.0847. The Morgan fingerprint density at radius 2 is 2.13 bits per heavy atom. The van der Waals surface area contributed by atoms with Gasteiger partial charge < -0.3 is 10.6 Å². The number of terminal acetylenes is 1. The minimum Gasteiger partial charge on any atom is -0.363 e. The molecule has 1 aromatic carbocycles. The van der Waals surface area contributed by atoms with E-state index in [-0.39, 0.29) is 6.04 Å². The molecule has 0 unspecified atom stereocenters. The van der Waals surface area contributed by atoms with Crippen LogP contribution in [0, 0.1) is 12.3 Å². The molecule has 0 spiro atoms. The van der Waals surface area contributed by atoms with Gasteiger partial charge in [-0.25, -0.2) is 0 Å². The number of hydrogen-bond donors (Lipinski definition) is 1. The molecule has 2 heteroatoms. The third-order valence-electron chi connectivity index (χ3n) is 2.52. The molecule has 0 aliphatic rings. The van der Waals surface area contributed by atoms with Crippen LogP contribution in [0.5, 0.6) is 0 Å². The smallest absolute Gasteiger partial charge is 0.0788 e. The molecule has 0 amide bonds. The highest BCUT2D eigenvalue weighted by Gasteiger charge is 2.10. The molecular formula is C13H18N2. The lowest BCUT2D eigenvalue weighted by Gasteiger charge is -2.22. The standard InChI is InChI=1S/C13H18N2/c1-4-10-15(3)13-9-7-6-8-11(13)12(14)5-2/h1,6-9,12H,5,10,14H2,2-3H3/t12-/m1/s1. The quantitative estimate of drug-likeness (QED) is 0.758. The maximum Gasteiger partial charge on any atom is 0.0788 e. The van der Waals surface area contributed by atoms with E-state index in [1.165, 1.54) is 0 Å². The molecular weight excluding hydrogens is 184 g/mol. The lowest BCUT2D eigenvalue weighted by atomic mass is 10.0. The van der Waals surface area contributed by atoms with Gasteiger partial charge in [0, 0.05) is 18.8 Å². The van der Waals surface area contributed by atoms with E-state index in [2.05, 4.69) is 25.0 Å². The third-order valence-corrected chi connectivity index (χ3v) is 2.52. The number of benzene rings is 1. The zero-order chi connectivity index (χ0) is 11.3. The van der Waals surface area contributed by atoms with Gasteiger partial charge in [0.2, 0.25) is 0 Å². The molecule has 1 aromatic rings. The fourth-order valence-electron chi connectivity index (χ4n) is 1.59. The Hall–Kier alpha value is -1.46. The van der Waals surface area contributed by atoms with Crippen molar-refractivity contribution in [2.45, 2.75) is 19.4 Å². The number of anilines is 1.